The minimum atomic E-state index is 0.0579. The van der Waals surface area contributed by atoms with Crippen LogP contribution in [0.15, 0.2) is 28.7 Å². The maximum Gasteiger partial charge on any atom is 0.0988 e. The van der Waals surface area contributed by atoms with Crippen LogP contribution in [0.4, 0.5) is 0 Å². The topological polar surface area (TPSA) is 44.5 Å². The molecule has 1 saturated carbocycles. The van der Waals surface area contributed by atoms with Gasteiger partial charge in [-0.3, -0.25) is 0 Å². The van der Waals surface area contributed by atoms with Crippen molar-refractivity contribution in [2.75, 3.05) is 6.61 Å². The molecule has 1 aromatic carbocycles. The van der Waals surface area contributed by atoms with E-state index in [2.05, 4.69) is 22.0 Å². The molecule has 1 aromatic rings. The summed E-state index contributed by atoms with van der Waals surface area (Å²) in [6, 6.07) is 8.20. The van der Waals surface area contributed by atoms with Crippen molar-refractivity contribution >= 4 is 15.9 Å². The molecular weight excluding hydrogens is 282 g/mol. The van der Waals surface area contributed by atoms with Crippen LogP contribution in [-0.2, 0) is 16.1 Å². The quantitative estimate of drug-likeness (QED) is 0.908. The van der Waals surface area contributed by atoms with Crippen molar-refractivity contribution in [3.63, 3.8) is 0 Å². The maximum absolute atomic E-state index is 5.88. The van der Waals surface area contributed by atoms with E-state index in [0.29, 0.717) is 13.2 Å². The van der Waals surface area contributed by atoms with Crippen LogP contribution in [0.5, 0.6) is 0 Å². The summed E-state index contributed by atoms with van der Waals surface area (Å²) >= 11 is 3.51. The van der Waals surface area contributed by atoms with Crippen molar-refractivity contribution in [1.29, 1.82) is 0 Å². The Morgan fingerprint density at radius 1 is 1.35 bits per heavy atom. The van der Waals surface area contributed by atoms with Crippen LogP contribution in [0.1, 0.15) is 18.9 Å². The van der Waals surface area contributed by atoms with Gasteiger partial charge in [-0.25, -0.2) is 0 Å². The van der Waals surface area contributed by atoms with Crippen LogP contribution >= 0.6 is 15.9 Å². The van der Waals surface area contributed by atoms with Gasteiger partial charge in [-0.05, 0) is 25.0 Å². The normalized spacial score (nSPS) is 27.8. The Morgan fingerprint density at radius 3 is 2.76 bits per heavy atom. The fourth-order valence-electron chi connectivity index (χ4n) is 2.01. The second-order valence-electron chi connectivity index (χ2n) is 4.26. The summed E-state index contributed by atoms with van der Waals surface area (Å²) in [5, 5.41) is 0. The number of benzene rings is 1. The fraction of sp³-hybridized carbons (Fsp3) is 0.538. The molecule has 0 amide bonds. The molecule has 1 fully saturated rings. The van der Waals surface area contributed by atoms with Gasteiger partial charge < -0.3 is 15.2 Å². The zero-order valence-corrected chi connectivity index (χ0v) is 11.5. The van der Waals surface area contributed by atoms with Crippen molar-refractivity contribution in [3.05, 3.63) is 34.3 Å². The molecule has 3 nitrogen and oxygen atoms in total. The van der Waals surface area contributed by atoms with E-state index in [4.69, 9.17) is 15.2 Å². The summed E-state index contributed by atoms with van der Waals surface area (Å²) < 4.78 is 12.5. The van der Waals surface area contributed by atoms with E-state index in [9.17, 15) is 0 Å². The Morgan fingerprint density at radius 2 is 2.12 bits per heavy atom. The molecule has 94 valence electrons. The van der Waals surface area contributed by atoms with Crippen LogP contribution in [0.2, 0.25) is 0 Å². The van der Waals surface area contributed by atoms with Crippen LogP contribution < -0.4 is 5.73 Å². The van der Waals surface area contributed by atoms with Crippen molar-refractivity contribution in [1.82, 2.24) is 0 Å². The van der Waals surface area contributed by atoms with Crippen molar-refractivity contribution < 1.29 is 9.47 Å². The third kappa shape index (κ3) is 3.07. The molecule has 0 heterocycles. The number of rotatable bonds is 5. The molecule has 3 unspecified atom stereocenters. The van der Waals surface area contributed by atoms with Gasteiger partial charge in [-0.2, -0.15) is 0 Å². The summed E-state index contributed by atoms with van der Waals surface area (Å²) in [4.78, 5) is 0. The molecule has 17 heavy (non-hydrogen) atoms. The smallest absolute Gasteiger partial charge is 0.0988 e. The molecule has 4 heteroatoms. The Hall–Kier alpha value is -0.420. The average molecular weight is 300 g/mol. The summed E-state index contributed by atoms with van der Waals surface area (Å²) in [6.45, 7) is 3.27. The minimum Gasteiger partial charge on any atom is -0.374 e. The first-order valence-corrected chi connectivity index (χ1v) is 6.74. The second kappa shape index (κ2) is 5.96. The first kappa shape index (κ1) is 13.0. The molecule has 0 spiro atoms. The second-order valence-corrected chi connectivity index (χ2v) is 5.11. The molecule has 3 atom stereocenters. The molecule has 0 saturated heterocycles. The highest BCUT2D eigenvalue weighted by atomic mass is 79.9. The largest absolute Gasteiger partial charge is 0.374 e. The summed E-state index contributed by atoms with van der Waals surface area (Å²) in [5.74, 6) is 0. The highest BCUT2D eigenvalue weighted by Gasteiger charge is 2.40. The monoisotopic (exact) mass is 299 g/mol. The first-order chi connectivity index (χ1) is 8.22. The molecular formula is C13H18BrNO2. The minimum absolute atomic E-state index is 0.0579. The third-order valence-corrected chi connectivity index (χ3v) is 3.84. The summed E-state index contributed by atoms with van der Waals surface area (Å²) in [7, 11) is 0. The van der Waals surface area contributed by atoms with Gasteiger partial charge in [0.05, 0.1) is 18.8 Å². The van der Waals surface area contributed by atoms with Crippen LogP contribution in [-0.4, -0.2) is 24.9 Å². The Balaban J connectivity index is 1.85. The van der Waals surface area contributed by atoms with E-state index in [1.807, 2.05) is 25.1 Å². The van der Waals surface area contributed by atoms with Crippen molar-refractivity contribution in [2.45, 2.75) is 38.2 Å². The van der Waals surface area contributed by atoms with Crippen LogP contribution in [0.3, 0.4) is 0 Å². The standard InChI is InChI=1S/C13H18BrNO2/c1-2-16-13-11(15)7-12(13)17-8-9-5-3-4-6-10(9)14/h3-6,11-13H,2,7-8,15H2,1H3. The number of ether oxygens (including phenoxy) is 2. The predicted molar refractivity (Wildman–Crippen MR) is 70.7 cm³/mol. The zero-order chi connectivity index (χ0) is 12.3. The fourth-order valence-corrected chi connectivity index (χ4v) is 2.41. The molecule has 0 bridgehead atoms. The molecule has 0 aromatic heterocycles. The van der Waals surface area contributed by atoms with E-state index in [-0.39, 0.29) is 18.2 Å². The van der Waals surface area contributed by atoms with Crippen LogP contribution in [0.25, 0.3) is 0 Å². The van der Waals surface area contributed by atoms with E-state index < -0.39 is 0 Å². The van der Waals surface area contributed by atoms with Gasteiger partial charge in [-0.15, -0.1) is 0 Å². The van der Waals surface area contributed by atoms with Crippen LogP contribution in [0, 0.1) is 0 Å². The summed E-state index contributed by atoms with van der Waals surface area (Å²) in [5.41, 5.74) is 7.04. The predicted octanol–water partition coefficient (Wildman–Crippen LogP) is 2.47. The maximum atomic E-state index is 5.88. The number of hydrogen-bond donors (Lipinski definition) is 1. The van der Waals surface area contributed by atoms with Crippen molar-refractivity contribution in [2.24, 2.45) is 5.73 Å². The lowest BCUT2D eigenvalue weighted by Gasteiger charge is -2.41. The number of nitrogens with two attached hydrogens (primary N) is 1. The Labute approximate surface area is 110 Å². The van der Waals surface area contributed by atoms with Gasteiger partial charge in [-0.1, -0.05) is 34.1 Å². The first-order valence-electron chi connectivity index (χ1n) is 5.94. The molecule has 1 aliphatic carbocycles. The highest BCUT2D eigenvalue weighted by Crippen LogP contribution is 2.27. The van der Waals surface area contributed by atoms with E-state index in [1.165, 1.54) is 0 Å². The molecule has 0 radical (unpaired) electrons. The van der Waals surface area contributed by atoms with Gasteiger partial charge in [0, 0.05) is 17.1 Å². The molecule has 2 N–H and O–H groups in total. The lowest BCUT2D eigenvalue weighted by Crippen LogP contribution is -2.58. The van der Waals surface area contributed by atoms with Gasteiger partial charge in [0.1, 0.15) is 0 Å². The molecule has 0 aliphatic heterocycles. The van der Waals surface area contributed by atoms with Crippen molar-refractivity contribution in [3.8, 4) is 0 Å². The van der Waals surface area contributed by atoms with Gasteiger partial charge in [0.2, 0.25) is 0 Å². The zero-order valence-electron chi connectivity index (χ0n) is 9.93. The molecule has 1 aliphatic rings. The van der Waals surface area contributed by atoms with E-state index in [0.717, 1.165) is 16.5 Å². The number of halogens is 1. The number of hydrogen-bond acceptors (Lipinski definition) is 3. The Bertz CT molecular complexity index is 372. The van der Waals surface area contributed by atoms with Gasteiger partial charge in [0.15, 0.2) is 0 Å². The third-order valence-electron chi connectivity index (χ3n) is 3.06. The SMILES string of the molecule is CCOC1C(N)CC1OCc1ccccc1Br. The lowest BCUT2D eigenvalue weighted by atomic mass is 9.86. The average Bonchev–Trinajstić information content (AvgIpc) is 2.33. The summed E-state index contributed by atoms with van der Waals surface area (Å²) in [6.07, 6.45) is 1.08. The highest BCUT2D eigenvalue weighted by molar-refractivity contribution is 9.10. The lowest BCUT2D eigenvalue weighted by molar-refractivity contribution is -0.142. The van der Waals surface area contributed by atoms with Gasteiger partial charge >= 0.3 is 0 Å². The molecule has 2 rings (SSSR count). The Kier molecular flexibility index (Phi) is 4.56. The van der Waals surface area contributed by atoms with Gasteiger partial charge in [0.25, 0.3) is 0 Å². The van der Waals surface area contributed by atoms with E-state index >= 15 is 0 Å². The van der Waals surface area contributed by atoms with E-state index in [1.54, 1.807) is 0 Å².